The highest BCUT2D eigenvalue weighted by atomic mass is 16.5. The highest BCUT2D eigenvalue weighted by Gasteiger charge is 2.16. The Morgan fingerprint density at radius 2 is 1.17 bits per heavy atom. The zero-order chi connectivity index (χ0) is 25.8. The summed E-state index contributed by atoms with van der Waals surface area (Å²) in [4.78, 5) is 4.64. The number of aromatic hydroxyl groups is 1. The van der Waals surface area contributed by atoms with Gasteiger partial charge in [-0.2, -0.15) is 0 Å². The SMILES string of the molecule is CCCCCCOc1cc(N=Cc2ccccc2O)cc(OCCCCCC)c1OCCCCCC. The van der Waals surface area contributed by atoms with Crippen molar-refractivity contribution in [3.8, 4) is 23.0 Å². The van der Waals surface area contributed by atoms with Gasteiger partial charge in [0.2, 0.25) is 5.75 Å². The van der Waals surface area contributed by atoms with Crippen LogP contribution in [0.1, 0.15) is 103 Å². The quantitative estimate of drug-likeness (QED) is 0.146. The number of nitrogens with zero attached hydrogens (tertiary/aromatic N) is 1. The molecule has 0 atom stereocenters. The summed E-state index contributed by atoms with van der Waals surface area (Å²) < 4.78 is 18.7. The average Bonchev–Trinajstić information content (AvgIpc) is 2.88. The van der Waals surface area contributed by atoms with Gasteiger partial charge in [0.15, 0.2) is 11.5 Å². The van der Waals surface area contributed by atoms with Crippen LogP contribution >= 0.6 is 0 Å². The predicted octanol–water partition coefficient (Wildman–Crippen LogP) is 9.02. The van der Waals surface area contributed by atoms with Crippen molar-refractivity contribution >= 4 is 11.9 Å². The number of aliphatic imine (C=N–C) groups is 1. The number of unbranched alkanes of at least 4 members (excludes halogenated alkanes) is 9. The van der Waals surface area contributed by atoms with Gasteiger partial charge in [0.1, 0.15) is 5.75 Å². The Kier molecular flexibility index (Phi) is 15.2. The lowest BCUT2D eigenvalue weighted by Crippen LogP contribution is -2.06. The Labute approximate surface area is 218 Å². The first kappa shape index (κ1) is 29.5. The number of phenols is 1. The highest BCUT2D eigenvalue weighted by molar-refractivity contribution is 5.85. The lowest BCUT2D eigenvalue weighted by Gasteiger charge is -2.18. The molecule has 0 aliphatic heterocycles. The summed E-state index contributed by atoms with van der Waals surface area (Å²) in [6.45, 7) is 8.54. The number of phenolic OH excluding ortho intramolecular Hbond substituents is 1. The minimum Gasteiger partial charge on any atom is -0.507 e. The molecule has 0 unspecified atom stereocenters. The molecule has 1 N–H and O–H groups in total. The number of ether oxygens (including phenoxy) is 3. The average molecular weight is 498 g/mol. The molecule has 0 aliphatic carbocycles. The monoisotopic (exact) mass is 497 g/mol. The Morgan fingerprint density at radius 1 is 0.667 bits per heavy atom. The standard InChI is InChI=1S/C31H47NO4/c1-4-7-10-15-20-34-29-23-27(32-25-26-18-13-14-19-28(26)33)24-30(35-21-16-11-8-5-2)31(29)36-22-17-12-9-6-3/h13-14,18-19,23-25,33H,4-12,15-17,20-22H2,1-3H3. The van der Waals surface area contributed by atoms with Crippen molar-refractivity contribution in [2.45, 2.75) is 97.8 Å². The van der Waals surface area contributed by atoms with Crippen LogP contribution in [0.5, 0.6) is 23.0 Å². The molecule has 0 heterocycles. The van der Waals surface area contributed by atoms with Crippen molar-refractivity contribution < 1.29 is 19.3 Å². The van der Waals surface area contributed by atoms with Gasteiger partial charge in [0, 0.05) is 23.9 Å². The maximum atomic E-state index is 10.1. The van der Waals surface area contributed by atoms with Crippen molar-refractivity contribution in [1.82, 2.24) is 0 Å². The zero-order valence-electron chi connectivity index (χ0n) is 22.8. The van der Waals surface area contributed by atoms with Gasteiger partial charge in [-0.05, 0) is 31.4 Å². The van der Waals surface area contributed by atoms with Crippen LogP contribution in [0.15, 0.2) is 41.4 Å². The van der Waals surface area contributed by atoms with Crippen LogP contribution in [0.25, 0.3) is 0 Å². The Bertz CT molecular complexity index is 846. The fraction of sp³-hybridized carbons (Fsp3) is 0.581. The molecule has 5 heteroatoms. The second-order valence-electron chi connectivity index (χ2n) is 9.32. The van der Waals surface area contributed by atoms with Crippen LogP contribution in [0, 0.1) is 0 Å². The molecule has 200 valence electrons. The topological polar surface area (TPSA) is 60.3 Å². The summed E-state index contributed by atoms with van der Waals surface area (Å²) in [5.41, 5.74) is 1.38. The lowest BCUT2D eigenvalue weighted by molar-refractivity contribution is 0.234. The minimum atomic E-state index is 0.202. The zero-order valence-corrected chi connectivity index (χ0v) is 22.8. The van der Waals surface area contributed by atoms with Gasteiger partial charge in [0.05, 0.1) is 25.5 Å². The number of hydrogen-bond acceptors (Lipinski definition) is 5. The second kappa shape index (κ2) is 18.6. The Hall–Kier alpha value is -2.69. The number of hydrogen-bond donors (Lipinski definition) is 1. The maximum absolute atomic E-state index is 10.1. The summed E-state index contributed by atoms with van der Waals surface area (Å²) in [5, 5.41) is 10.1. The molecule has 0 amide bonds. The van der Waals surface area contributed by atoms with E-state index in [1.165, 1.54) is 38.5 Å². The highest BCUT2D eigenvalue weighted by Crippen LogP contribution is 2.42. The van der Waals surface area contributed by atoms with E-state index in [0.717, 1.165) is 38.5 Å². The molecule has 0 aromatic heterocycles. The molecule has 0 saturated heterocycles. The molecular formula is C31H47NO4. The largest absolute Gasteiger partial charge is 0.507 e. The van der Waals surface area contributed by atoms with Gasteiger partial charge in [-0.3, -0.25) is 4.99 Å². The van der Waals surface area contributed by atoms with E-state index in [1.54, 1.807) is 18.3 Å². The first-order chi connectivity index (χ1) is 17.7. The predicted molar refractivity (Wildman–Crippen MR) is 151 cm³/mol. The van der Waals surface area contributed by atoms with E-state index in [-0.39, 0.29) is 5.75 Å². The first-order valence-corrected chi connectivity index (χ1v) is 14.1. The number of para-hydroxylation sites is 1. The van der Waals surface area contributed by atoms with Crippen molar-refractivity contribution in [3.63, 3.8) is 0 Å². The molecule has 0 radical (unpaired) electrons. The van der Waals surface area contributed by atoms with E-state index < -0.39 is 0 Å². The smallest absolute Gasteiger partial charge is 0.203 e. The van der Waals surface area contributed by atoms with Crippen LogP contribution in [0.3, 0.4) is 0 Å². The van der Waals surface area contributed by atoms with Gasteiger partial charge in [-0.15, -0.1) is 0 Å². The van der Waals surface area contributed by atoms with E-state index in [4.69, 9.17) is 14.2 Å². The summed E-state index contributed by atoms with van der Waals surface area (Å²) in [6, 6.07) is 11.0. The third-order valence-electron chi connectivity index (χ3n) is 6.05. The molecule has 0 fully saturated rings. The molecule has 36 heavy (non-hydrogen) atoms. The third kappa shape index (κ3) is 11.4. The Balaban J connectivity index is 2.27. The van der Waals surface area contributed by atoms with E-state index in [0.29, 0.717) is 48.3 Å². The fourth-order valence-electron chi connectivity index (χ4n) is 3.86. The lowest BCUT2D eigenvalue weighted by atomic mass is 10.2. The minimum absolute atomic E-state index is 0.202. The molecule has 0 aliphatic rings. The molecule has 0 bridgehead atoms. The molecule has 2 rings (SSSR count). The van der Waals surface area contributed by atoms with Crippen LogP contribution in [-0.2, 0) is 0 Å². The van der Waals surface area contributed by atoms with Crippen molar-refractivity contribution in [2.24, 2.45) is 4.99 Å². The van der Waals surface area contributed by atoms with Gasteiger partial charge in [0.25, 0.3) is 0 Å². The Morgan fingerprint density at radius 3 is 1.67 bits per heavy atom. The summed E-state index contributed by atoms with van der Waals surface area (Å²) in [6.07, 6.45) is 15.3. The maximum Gasteiger partial charge on any atom is 0.203 e. The van der Waals surface area contributed by atoms with Crippen molar-refractivity contribution in [3.05, 3.63) is 42.0 Å². The number of benzene rings is 2. The normalized spacial score (nSPS) is 11.2. The van der Waals surface area contributed by atoms with Crippen LogP contribution in [0.4, 0.5) is 5.69 Å². The number of rotatable bonds is 20. The van der Waals surface area contributed by atoms with Crippen LogP contribution in [0.2, 0.25) is 0 Å². The van der Waals surface area contributed by atoms with Crippen molar-refractivity contribution in [2.75, 3.05) is 19.8 Å². The summed E-state index contributed by atoms with van der Waals surface area (Å²) >= 11 is 0. The van der Waals surface area contributed by atoms with Crippen LogP contribution in [-0.4, -0.2) is 31.1 Å². The van der Waals surface area contributed by atoms with E-state index in [9.17, 15) is 5.11 Å². The molecule has 2 aromatic carbocycles. The van der Waals surface area contributed by atoms with E-state index in [1.807, 2.05) is 24.3 Å². The molecule has 0 saturated carbocycles. The molecule has 0 spiro atoms. The van der Waals surface area contributed by atoms with Crippen molar-refractivity contribution in [1.29, 1.82) is 0 Å². The van der Waals surface area contributed by atoms with Gasteiger partial charge in [-0.25, -0.2) is 0 Å². The van der Waals surface area contributed by atoms with E-state index in [2.05, 4.69) is 25.8 Å². The molecule has 2 aromatic rings. The second-order valence-corrected chi connectivity index (χ2v) is 9.32. The first-order valence-electron chi connectivity index (χ1n) is 14.1. The van der Waals surface area contributed by atoms with Gasteiger partial charge in [-0.1, -0.05) is 90.7 Å². The van der Waals surface area contributed by atoms with Gasteiger partial charge < -0.3 is 19.3 Å². The third-order valence-corrected chi connectivity index (χ3v) is 6.05. The summed E-state index contributed by atoms with van der Waals surface area (Å²) in [7, 11) is 0. The fourth-order valence-corrected chi connectivity index (χ4v) is 3.86. The van der Waals surface area contributed by atoms with Gasteiger partial charge >= 0.3 is 0 Å². The van der Waals surface area contributed by atoms with Crippen LogP contribution < -0.4 is 14.2 Å². The van der Waals surface area contributed by atoms with E-state index >= 15 is 0 Å². The summed E-state index contributed by atoms with van der Waals surface area (Å²) in [5.74, 6) is 2.24. The molecular weight excluding hydrogens is 450 g/mol. The molecule has 5 nitrogen and oxygen atoms in total.